The topological polar surface area (TPSA) is 69.6 Å². The SMILES string of the molecule is CSc1ccccc1[C@H](C)NC(=O)N1CCCC(C(=O)O)C1. The van der Waals surface area contributed by atoms with Crippen molar-refractivity contribution < 1.29 is 14.7 Å². The number of likely N-dealkylation sites (tertiary alicyclic amines) is 1. The summed E-state index contributed by atoms with van der Waals surface area (Å²) in [5.74, 6) is -1.27. The zero-order valence-electron chi connectivity index (χ0n) is 12.9. The third kappa shape index (κ3) is 3.94. The van der Waals surface area contributed by atoms with Crippen molar-refractivity contribution in [1.29, 1.82) is 0 Å². The highest BCUT2D eigenvalue weighted by molar-refractivity contribution is 7.98. The Bertz CT molecular complexity index is 550. The van der Waals surface area contributed by atoms with Crippen LogP contribution in [0.5, 0.6) is 0 Å². The number of amides is 2. The van der Waals surface area contributed by atoms with Gasteiger partial charge in [0.15, 0.2) is 0 Å². The molecule has 2 rings (SSSR count). The first-order valence-electron chi connectivity index (χ1n) is 7.44. The molecule has 0 saturated carbocycles. The van der Waals surface area contributed by atoms with Crippen LogP contribution in [0.15, 0.2) is 29.2 Å². The molecule has 2 atom stereocenters. The van der Waals surface area contributed by atoms with Gasteiger partial charge in [-0.2, -0.15) is 0 Å². The molecule has 22 heavy (non-hydrogen) atoms. The maximum Gasteiger partial charge on any atom is 0.317 e. The number of thioether (sulfide) groups is 1. The molecule has 0 aliphatic carbocycles. The maximum absolute atomic E-state index is 12.4. The Labute approximate surface area is 135 Å². The molecule has 1 aromatic rings. The second-order valence-electron chi connectivity index (χ2n) is 5.54. The average molecular weight is 322 g/mol. The van der Waals surface area contributed by atoms with Crippen LogP contribution in [0.2, 0.25) is 0 Å². The number of benzene rings is 1. The zero-order chi connectivity index (χ0) is 16.1. The van der Waals surface area contributed by atoms with Gasteiger partial charge in [-0.1, -0.05) is 18.2 Å². The second kappa shape index (κ2) is 7.54. The maximum atomic E-state index is 12.4. The first kappa shape index (κ1) is 16.7. The molecule has 5 nitrogen and oxygen atoms in total. The molecule has 0 spiro atoms. The summed E-state index contributed by atoms with van der Waals surface area (Å²) in [7, 11) is 0. The van der Waals surface area contributed by atoms with E-state index in [0.29, 0.717) is 13.0 Å². The number of nitrogens with zero attached hydrogens (tertiary/aromatic N) is 1. The largest absolute Gasteiger partial charge is 0.481 e. The Kier molecular flexibility index (Phi) is 5.71. The zero-order valence-corrected chi connectivity index (χ0v) is 13.7. The van der Waals surface area contributed by atoms with E-state index in [0.717, 1.165) is 16.9 Å². The fourth-order valence-electron chi connectivity index (χ4n) is 2.74. The van der Waals surface area contributed by atoms with Crippen molar-refractivity contribution in [3.63, 3.8) is 0 Å². The molecular formula is C16H22N2O3S. The molecule has 1 unspecified atom stereocenters. The summed E-state index contributed by atoms with van der Waals surface area (Å²) in [4.78, 5) is 26.2. The summed E-state index contributed by atoms with van der Waals surface area (Å²) in [6.07, 6.45) is 3.39. The lowest BCUT2D eigenvalue weighted by atomic mass is 9.98. The van der Waals surface area contributed by atoms with Crippen LogP contribution in [0.3, 0.4) is 0 Å². The van der Waals surface area contributed by atoms with E-state index in [1.807, 2.05) is 37.4 Å². The van der Waals surface area contributed by atoms with E-state index >= 15 is 0 Å². The van der Waals surface area contributed by atoms with Crippen molar-refractivity contribution in [1.82, 2.24) is 10.2 Å². The van der Waals surface area contributed by atoms with Crippen LogP contribution in [0, 0.1) is 5.92 Å². The highest BCUT2D eigenvalue weighted by Crippen LogP contribution is 2.26. The Hall–Kier alpha value is -1.69. The fourth-order valence-corrected chi connectivity index (χ4v) is 3.44. The standard InChI is InChI=1S/C16H22N2O3S/c1-11(13-7-3-4-8-14(13)22-2)17-16(21)18-9-5-6-12(10-18)15(19)20/h3-4,7-8,11-12H,5-6,9-10H2,1-2H3,(H,17,21)(H,19,20)/t11-,12?/m0/s1. The molecule has 1 aliphatic heterocycles. The molecule has 1 aromatic carbocycles. The summed E-state index contributed by atoms with van der Waals surface area (Å²) in [6, 6.07) is 7.68. The summed E-state index contributed by atoms with van der Waals surface area (Å²) in [5.41, 5.74) is 1.08. The van der Waals surface area contributed by atoms with E-state index in [-0.39, 0.29) is 18.6 Å². The second-order valence-corrected chi connectivity index (χ2v) is 6.38. The van der Waals surface area contributed by atoms with Crippen LogP contribution in [-0.4, -0.2) is 41.4 Å². The number of rotatable bonds is 4. The third-order valence-corrected chi connectivity index (χ3v) is 4.81. The number of carbonyl (C=O) groups excluding carboxylic acids is 1. The summed E-state index contributed by atoms with van der Waals surface area (Å²) >= 11 is 1.65. The Morgan fingerprint density at radius 1 is 1.41 bits per heavy atom. The number of carbonyl (C=O) groups is 2. The predicted molar refractivity (Wildman–Crippen MR) is 87.1 cm³/mol. The van der Waals surface area contributed by atoms with E-state index in [4.69, 9.17) is 5.11 Å². The number of carboxylic acids is 1. The molecule has 0 aromatic heterocycles. The van der Waals surface area contributed by atoms with E-state index < -0.39 is 11.9 Å². The number of carboxylic acid groups (broad SMARTS) is 1. The molecule has 6 heteroatoms. The fraction of sp³-hybridized carbons (Fsp3) is 0.500. The van der Waals surface area contributed by atoms with Crippen molar-refractivity contribution >= 4 is 23.8 Å². The lowest BCUT2D eigenvalue weighted by molar-refractivity contribution is -0.143. The minimum atomic E-state index is -0.821. The lowest BCUT2D eigenvalue weighted by Gasteiger charge is -2.32. The summed E-state index contributed by atoms with van der Waals surface area (Å²) < 4.78 is 0. The monoisotopic (exact) mass is 322 g/mol. The first-order chi connectivity index (χ1) is 10.5. The van der Waals surface area contributed by atoms with Gasteiger partial charge in [0.1, 0.15) is 0 Å². The first-order valence-corrected chi connectivity index (χ1v) is 8.66. The quantitative estimate of drug-likeness (QED) is 0.836. The minimum Gasteiger partial charge on any atom is -0.481 e. The van der Waals surface area contributed by atoms with E-state index in [1.165, 1.54) is 0 Å². The van der Waals surface area contributed by atoms with Gasteiger partial charge in [0.2, 0.25) is 0 Å². The van der Waals surface area contributed by atoms with Gasteiger partial charge in [-0.05, 0) is 37.7 Å². The van der Waals surface area contributed by atoms with E-state index in [9.17, 15) is 9.59 Å². The van der Waals surface area contributed by atoms with Gasteiger partial charge in [-0.25, -0.2) is 4.79 Å². The van der Waals surface area contributed by atoms with Crippen LogP contribution in [-0.2, 0) is 4.79 Å². The molecule has 0 radical (unpaired) electrons. The predicted octanol–water partition coefficient (Wildman–Crippen LogP) is 2.98. The lowest BCUT2D eigenvalue weighted by Crippen LogP contribution is -2.47. The van der Waals surface area contributed by atoms with Crippen molar-refractivity contribution in [3.8, 4) is 0 Å². The summed E-state index contributed by atoms with van der Waals surface area (Å²) in [6.45, 7) is 2.86. The third-order valence-electron chi connectivity index (χ3n) is 4.00. The van der Waals surface area contributed by atoms with Gasteiger partial charge in [-0.3, -0.25) is 4.79 Å². The normalized spacial score (nSPS) is 19.5. The van der Waals surface area contributed by atoms with Gasteiger partial charge >= 0.3 is 12.0 Å². The number of hydrogen-bond acceptors (Lipinski definition) is 3. The molecular weight excluding hydrogens is 300 g/mol. The summed E-state index contributed by atoms with van der Waals surface area (Å²) in [5, 5.41) is 12.1. The Morgan fingerprint density at radius 2 is 2.14 bits per heavy atom. The van der Waals surface area contributed by atoms with E-state index in [2.05, 4.69) is 5.32 Å². The van der Waals surface area contributed by atoms with E-state index in [1.54, 1.807) is 16.7 Å². The number of aliphatic carboxylic acids is 1. The molecule has 120 valence electrons. The van der Waals surface area contributed by atoms with Crippen LogP contribution < -0.4 is 5.32 Å². The van der Waals surface area contributed by atoms with Crippen LogP contribution in [0.25, 0.3) is 0 Å². The average Bonchev–Trinajstić information content (AvgIpc) is 2.54. The highest BCUT2D eigenvalue weighted by atomic mass is 32.2. The van der Waals surface area contributed by atoms with Crippen molar-refractivity contribution in [2.75, 3.05) is 19.3 Å². The number of hydrogen-bond donors (Lipinski definition) is 2. The van der Waals surface area contributed by atoms with Crippen LogP contribution in [0.4, 0.5) is 4.79 Å². The van der Waals surface area contributed by atoms with Crippen LogP contribution >= 0.6 is 11.8 Å². The molecule has 2 N–H and O–H groups in total. The van der Waals surface area contributed by atoms with Gasteiger partial charge in [0.25, 0.3) is 0 Å². The van der Waals surface area contributed by atoms with Crippen LogP contribution in [0.1, 0.15) is 31.4 Å². The molecule has 2 amide bonds. The number of nitrogens with one attached hydrogen (secondary N) is 1. The highest BCUT2D eigenvalue weighted by Gasteiger charge is 2.28. The van der Waals surface area contributed by atoms with Crippen molar-refractivity contribution in [2.45, 2.75) is 30.7 Å². The van der Waals surface area contributed by atoms with Gasteiger partial charge in [0.05, 0.1) is 12.0 Å². The Morgan fingerprint density at radius 3 is 2.82 bits per heavy atom. The smallest absolute Gasteiger partial charge is 0.317 e. The minimum absolute atomic E-state index is 0.110. The van der Waals surface area contributed by atoms with Gasteiger partial charge in [-0.15, -0.1) is 11.8 Å². The van der Waals surface area contributed by atoms with Crippen molar-refractivity contribution in [3.05, 3.63) is 29.8 Å². The molecule has 1 fully saturated rings. The Balaban J connectivity index is 2.00. The molecule has 1 heterocycles. The van der Waals surface area contributed by atoms with Gasteiger partial charge < -0.3 is 15.3 Å². The molecule has 1 aliphatic rings. The molecule has 0 bridgehead atoms. The molecule has 1 saturated heterocycles. The van der Waals surface area contributed by atoms with Gasteiger partial charge in [0, 0.05) is 18.0 Å². The number of urea groups is 1. The van der Waals surface area contributed by atoms with Crippen molar-refractivity contribution in [2.24, 2.45) is 5.92 Å². The number of piperidine rings is 1.